The van der Waals surface area contributed by atoms with E-state index in [0.29, 0.717) is 37.6 Å². The van der Waals surface area contributed by atoms with E-state index < -0.39 is 12.0 Å². The van der Waals surface area contributed by atoms with Gasteiger partial charge in [0.1, 0.15) is 23.7 Å². The Morgan fingerprint density at radius 3 is 2.63 bits per heavy atom. The minimum Gasteiger partial charge on any atom is -0.485 e. The molecule has 2 saturated heterocycles. The highest BCUT2D eigenvalue weighted by molar-refractivity contribution is 5.92. The molecule has 2 aliphatic heterocycles. The Balaban J connectivity index is 0.000000269. The van der Waals surface area contributed by atoms with Crippen molar-refractivity contribution in [1.82, 2.24) is 9.88 Å². The predicted octanol–water partition coefficient (Wildman–Crippen LogP) is 0.816. The second kappa shape index (κ2) is 9.39. The first kappa shape index (κ1) is 21.3. The summed E-state index contributed by atoms with van der Waals surface area (Å²) in [5.41, 5.74) is 7.62. The molecule has 8 nitrogen and oxygen atoms in total. The van der Waals surface area contributed by atoms with Crippen LogP contribution in [0.4, 0.5) is 0 Å². The number of hydrogen-bond acceptors (Lipinski definition) is 6. The summed E-state index contributed by atoms with van der Waals surface area (Å²) < 4.78 is 10.8. The van der Waals surface area contributed by atoms with E-state index in [1.165, 1.54) is 11.0 Å². The van der Waals surface area contributed by atoms with E-state index in [4.69, 9.17) is 26.7 Å². The van der Waals surface area contributed by atoms with Gasteiger partial charge in [-0.05, 0) is 18.6 Å². The number of benzene rings is 1. The van der Waals surface area contributed by atoms with Gasteiger partial charge in [0.15, 0.2) is 0 Å². The third-order valence-electron chi connectivity index (χ3n) is 4.69. The van der Waals surface area contributed by atoms with Crippen molar-refractivity contribution in [3.63, 3.8) is 0 Å². The molecule has 2 aromatic rings. The quantitative estimate of drug-likeness (QED) is 0.723. The molecular weight excluding hydrogens is 386 g/mol. The molecule has 0 saturated carbocycles. The van der Waals surface area contributed by atoms with E-state index >= 15 is 0 Å². The lowest BCUT2D eigenvalue weighted by Crippen LogP contribution is -2.38. The number of amides is 2. The predicted molar refractivity (Wildman–Crippen MR) is 110 cm³/mol. The zero-order valence-corrected chi connectivity index (χ0v) is 16.6. The Morgan fingerprint density at radius 2 is 2.13 bits per heavy atom. The second-order valence-corrected chi connectivity index (χ2v) is 7.00. The van der Waals surface area contributed by atoms with E-state index in [0.717, 1.165) is 11.1 Å². The summed E-state index contributed by atoms with van der Waals surface area (Å²) in [6.45, 7) is 1.77. The van der Waals surface area contributed by atoms with Gasteiger partial charge in [0.05, 0.1) is 18.9 Å². The number of ether oxygens (including phenoxy) is 2. The minimum atomic E-state index is -0.722. The number of likely N-dealkylation sites (tertiary alicyclic amines) is 1. The lowest BCUT2D eigenvalue weighted by atomic mass is 10.1. The summed E-state index contributed by atoms with van der Waals surface area (Å²) in [4.78, 5) is 27.9. The number of pyridine rings is 1. The molecule has 2 aliphatic rings. The molecule has 2 amide bonds. The monoisotopic (exact) mass is 409 g/mol. The number of nitrogens with zero attached hydrogens (tertiary/aromatic N) is 2. The van der Waals surface area contributed by atoms with Gasteiger partial charge in [-0.1, -0.05) is 18.1 Å². The molecule has 4 rings (SSSR count). The van der Waals surface area contributed by atoms with Crippen molar-refractivity contribution in [2.45, 2.75) is 18.6 Å². The highest BCUT2D eigenvalue weighted by atomic mass is 16.6. The molecule has 1 aromatic heterocycles. The largest absolute Gasteiger partial charge is 0.485 e. The number of aromatic nitrogens is 1. The average molecular weight is 409 g/mol. The van der Waals surface area contributed by atoms with Crippen molar-refractivity contribution >= 4 is 11.8 Å². The maximum Gasteiger partial charge on any atom is 0.267 e. The van der Waals surface area contributed by atoms with Gasteiger partial charge in [-0.25, -0.2) is 4.98 Å². The van der Waals surface area contributed by atoms with Crippen molar-refractivity contribution in [3.05, 3.63) is 47.7 Å². The van der Waals surface area contributed by atoms with Crippen molar-refractivity contribution in [1.29, 1.82) is 0 Å². The third-order valence-corrected chi connectivity index (χ3v) is 4.69. The number of carbonyl (C=O) groups excluding carboxylic acids is 2. The van der Waals surface area contributed by atoms with Crippen molar-refractivity contribution in [3.8, 4) is 29.4 Å². The number of hydrogen-bond donors (Lipinski definition) is 2. The van der Waals surface area contributed by atoms with Gasteiger partial charge >= 0.3 is 0 Å². The SMILES string of the molecule is C#Cc1cccc(-c2cc(OC3COC3)cc(C(N)=O)n2)c1.CN1CCC(O)C1=O. The second-order valence-electron chi connectivity index (χ2n) is 7.00. The van der Waals surface area contributed by atoms with Crippen LogP contribution in [0.25, 0.3) is 11.3 Å². The Kier molecular flexibility index (Phi) is 6.67. The van der Waals surface area contributed by atoms with Crippen molar-refractivity contribution in [2.75, 3.05) is 26.8 Å². The fourth-order valence-electron chi connectivity index (χ4n) is 2.89. The van der Waals surface area contributed by atoms with Crippen molar-refractivity contribution in [2.24, 2.45) is 5.73 Å². The minimum absolute atomic E-state index is 0.00646. The zero-order chi connectivity index (χ0) is 21.7. The van der Waals surface area contributed by atoms with E-state index in [1.807, 2.05) is 24.3 Å². The maximum atomic E-state index is 11.5. The molecule has 8 heteroatoms. The molecule has 0 bridgehead atoms. The summed E-state index contributed by atoms with van der Waals surface area (Å²) in [6.07, 6.45) is 5.28. The molecule has 0 radical (unpaired) electrons. The standard InChI is InChI=1S/C17H14N2O3.C5H9NO2/c1-2-11-4-3-5-12(6-11)15-7-13(22-14-9-21-10-14)8-16(19-15)17(18)20;1-6-3-2-4(7)5(6)8/h1,3-8,14H,9-10H2,(H2,18,20);4,7H,2-3H2,1H3. The molecule has 1 aromatic carbocycles. The van der Waals surface area contributed by atoms with Crippen molar-refractivity contribution < 1.29 is 24.2 Å². The van der Waals surface area contributed by atoms with Gasteiger partial charge in [0.2, 0.25) is 0 Å². The fraction of sp³-hybridized carbons (Fsp3) is 0.318. The highest BCUT2D eigenvalue weighted by Crippen LogP contribution is 2.25. The van der Waals surface area contributed by atoms with Crippen LogP contribution in [0.2, 0.25) is 0 Å². The number of nitrogens with two attached hydrogens (primary N) is 1. The van der Waals surface area contributed by atoms with Gasteiger partial charge in [-0.2, -0.15) is 0 Å². The molecule has 0 spiro atoms. The number of likely N-dealkylation sites (N-methyl/N-ethyl adjacent to an activating group) is 1. The Bertz CT molecular complexity index is 969. The first-order chi connectivity index (χ1) is 14.4. The molecule has 3 heterocycles. The summed E-state index contributed by atoms with van der Waals surface area (Å²) in [6, 6.07) is 10.6. The Labute approximate surface area is 174 Å². The molecule has 30 heavy (non-hydrogen) atoms. The van der Waals surface area contributed by atoms with Crippen LogP contribution in [-0.4, -0.2) is 65.8 Å². The lowest BCUT2D eigenvalue weighted by molar-refractivity contribution is -0.133. The van der Waals surface area contributed by atoms with E-state index in [-0.39, 0.29) is 17.7 Å². The molecule has 1 atom stereocenters. The van der Waals surface area contributed by atoms with E-state index in [2.05, 4.69) is 10.9 Å². The molecule has 1 unspecified atom stereocenters. The molecular formula is C22H23N3O5. The van der Waals surface area contributed by atoms with Gasteiger partial charge in [0.25, 0.3) is 11.8 Å². The van der Waals surface area contributed by atoms with E-state index in [9.17, 15) is 9.59 Å². The van der Waals surface area contributed by atoms with Crippen LogP contribution in [0.3, 0.4) is 0 Å². The number of carbonyl (C=O) groups is 2. The van der Waals surface area contributed by atoms with Crippen LogP contribution < -0.4 is 10.5 Å². The molecule has 0 aliphatic carbocycles. The highest BCUT2D eigenvalue weighted by Gasteiger charge is 2.26. The van der Waals surface area contributed by atoms with Gasteiger partial charge < -0.3 is 25.2 Å². The third kappa shape index (κ3) is 5.14. The van der Waals surface area contributed by atoms with Gasteiger partial charge in [0, 0.05) is 36.9 Å². The number of aliphatic hydroxyl groups excluding tert-OH is 1. The average Bonchev–Trinajstić information content (AvgIpc) is 3.02. The zero-order valence-electron chi connectivity index (χ0n) is 16.6. The molecule has 2 fully saturated rings. The van der Waals surface area contributed by atoms with Crippen LogP contribution in [0.5, 0.6) is 5.75 Å². The number of terminal acetylenes is 1. The van der Waals surface area contributed by atoms with Crippen LogP contribution >= 0.6 is 0 Å². The topological polar surface area (TPSA) is 115 Å². The summed E-state index contributed by atoms with van der Waals surface area (Å²) in [5, 5.41) is 8.78. The number of rotatable bonds is 4. The van der Waals surface area contributed by atoms with Crippen LogP contribution in [0, 0.1) is 12.3 Å². The normalized spacial score (nSPS) is 18.1. The fourth-order valence-corrected chi connectivity index (χ4v) is 2.89. The summed E-state index contributed by atoms with van der Waals surface area (Å²) >= 11 is 0. The maximum absolute atomic E-state index is 11.5. The molecule has 156 valence electrons. The molecule has 3 N–H and O–H groups in total. The Hall–Kier alpha value is -3.41. The summed E-state index contributed by atoms with van der Waals surface area (Å²) in [5.74, 6) is 2.36. The van der Waals surface area contributed by atoms with Gasteiger partial charge in [-0.3, -0.25) is 9.59 Å². The lowest BCUT2D eigenvalue weighted by Gasteiger charge is -2.27. The smallest absolute Gasteiger partial charge is 0.267 e. The van der Waals surface area contributed by atoms with Gasteiger partial charge in [-0.15, -0.1) is 6.42 Å². The van der Waals surface area contributed by atoms with Crippen LogP contribution in [-0.2, 0) is 9.53 Å². The van der Waals surface area contributed by atoms with E-state index in [1.54, 1.807) is 13.1 Å². The Morgan fingerprint density at radius 1 is 1.37 bits per heavy atom. The van der Waals surface area contributed by atoms with Crippen LogP contribution in [0.1, 0.15) is 22.5 Å². The first-order valence-corrected chi connectivity index (χ1v) is 9.43. The first-order valence-electron chi connectivity index (χ1n) is 9.43. The number of primary amides is 1. The van der Waals surface area contributed by atoms with Crippen LogP contribution in [0.15, 0.2) is 36.4 Å². The number of aliphatic hydroxyl groups is 1. The summed E-state index contributed by atoms with van der Waals surface area (Å²) in [7, 11) is 1.69.